The Morgan fingerprint density at radius 2 is 1.70 bits per heavy atom. The van der Waals surface area contributed by atoms with E-state index in [9.17, 15) is 9.59 Å². The zero-order valence-electron chi connectivity index (χ0n) is 15.7. The van der Waals surface area contributed by atoms with Crippen molar-refractivity contribution in [3.05, 3.63) is 71.8 Å². The molecule has 0 bridgehead atoms. The lowest BCUT2D eigenvalue weighted by molar-refractivity contribution is -0.151. The molecule has 2 atom stereocenters. The number of carbonyl (C=O) groups excluding carboxylic acids is 2. The normalized spacial score (nSPS) is 19.3. The molecule has 3 rings (SSSR count). The van der Waals surface area contributed by atoms with Crippen LogP contribution in [0.2, 0.25) is 0 Å². The van der Waals surface area contributed by atoms with Crippen molar-refractivity contribution >= 4 is 17.3 Å². The summed E-state index contributed by atoms with van der Waals surface area (Å²) < 4.78 is 10.7. The van der Waals surface area contributed by atoms with E-state index in [4.69, 9.17) is 9.47 Å². The summed E-state index contributed by atoms with van der Waals surface area (Å²) >= 11 is 0. The van der Waals surface area contributed by atoms with Gasteiger partial charge >= 0.3 is 5.97 Å². The average molecular weight is 364 g/mol. The molecule has 0 radical (unpaired) electrons. The SMILES string of the molecule is CCOC(=O)C1C(=O)C=C(c2ccccc2)CC1c1ccc(OCC)cc1. The first kappa shape index (κ1) is 18.9. The van der Waals surface area contributed by atoms with E-state index in [1.807, 2.05) is 61.5 Å². The Morgan fingerprint density at radius 1 is 1.00 bits per heavy atom. The van der Waals surface area contributed by atoms with E-state index in [1.165, 1.54) is 0 Å². The molecule has 2 unspecified atom stereocenters. The fourth-order valence-corrected chi connectivity index (χ4v) is 3.53. The van der Waals surface area contributed by atoms with Gasteiger partial charge in [-0.25, -0.2) is 0 Å². The Bertz CT molecular complexity index is 821. The summed E-state index contributed by atoms with van der Waals surface area (Å²) in [7, 11) is 0. The van der Waals surface area contributed by atoms with Gasteiger partial charge in [-0.2, -0.15) is 0 Å². The Morgan fingerprint density at radius 3 is 2.33 bits per heavy atom. The standard InChI is InChI=1S/C23H24O4/c1-3-26-19-12-10-17(11-13-19)20-14-18(16-8-6-5-7-9-16)15-21(24)22(20)23(25)27-4-2/h5-13,15,20,22H,3-4,14H2,1-2H3. The van der Waals surface area contributed by atoms with Gasteiger partial charge in [-0.05, 0) is 55.2 Å². The van der Waals surface area contributed by atoms with Gasteiger partial charge in [-0.1, -0.05) is 42.5 Å². The third-order valence-corrected chi connectivity index (χ3v) is 4.77. The van der Waals surface area contributed by atoms with Crippen molar-refractivity contribution in [1.29, 1.82) is 0 Å². The molecular weight excluding hydrogens is 340 g/mol. The number of carbonyl (C=O) groups is 2. The third-order valence-electron chi connectivity index (χ3n) is 4.77. The van der Waals surface area contributed by atoms with Crippen molar-refractivity contribution in [2.75, 3.05) is 13.2 Å². The summed E-state index contributed by atoms with van der Waals surface area (Å²) in [5.74, 6) is -0.945. The van der Waals surface area contributed by atoms with Crippen LogP contribution in [0.3, 0.4) is 0 Å². The van der Waals surface area contributed by atoms with Gasteiger partial charge in [-0.15, -0.1) is 0 Å². The van der Waals surface area contributed by atoms with Crippen molar-refractivity contribution in [2.45, 2.75) is 26.2 Å². The summed E-state index contributed by atoms with van der Waals surface area (Å²) in [5, 5.41) is 0. The molecule has 2 aromatic rings. The number of allylic oxidation sites excluding steroid dienone is 2. The van der Waals surface area contributed by atoms with Crippen molar-refractivity contribution in [1.82, 2.24) is 0 Å². The largest absolute Gasteiger partial charge is 0.494 e. The molecule has 0 aliphatic heterocycles. The highest BCUT2D eigenvalue weighted by molar-refractivity contribution is 6.10. The quantitative estimate of drug-likeness (QED) is 0.563. The summed E-state index contributed by atoms with van der Waals surface area (Å²) in [6.07, 6.45) is 2.20. The minimum atomic E-state index is -0.810. The van der Waals surface area contributed by atoms with Crippen molar-refractivity contribution in [3.8, 4) is 5.75 Å². The van der Waals surface area contributed by atoms with Gasteiger partial charge in [0.05, 0.1) is 13.2 Å². The van der Waals surface area contributed by atoms with E-state index < -0.39 is 11.9 Å². The van der Waals surface area contributed by atoms with Crippen molar-refractivity contribution < 1.29 is 19.1 Å². The van der Waals surface area contributed by atoms with Crippen LogP contribution in [0.1, 0.15) is 37.3 Å². The average Bonchev–Trinajstić information content (AvgIpc) is 2.69. The number of ether oxygens (including phenoxy) is 2. The Kier molecular flexibility index (Phi) is 6.07. The van der Waals surface area contributed by atoms with Crippen LogP contribution in [0.4, 0.5) is 0 Å². The number of hydrogen-bond donors (Lipinski definition) is 0. The lowest BCUT2D eigenvalue weighted by Crippen LogP contribution is -2.34. The lowest BCUT2D eigenvalue weighted by Gasteiger charge is -2.29. The fourth-order valence-electron chi connectivity index (χ4n) is 3.53. The number of benzene rings is 2. The van der Waals surface area contributed by atoms with Crippen molar-refractivity contribution in [2.24, 2.45) is 5.92 Å². The molecule has 0 saturated heterocycles. The Hall–Kier alpha value is -2.88. The summed E-state index contributed by atoms with van der Waals surface area (Å²) in [5.41, 5.74) is 2.88. The smallest absolute Gasteiger partial charge is 0.317 e. The van der Waals surface area contributed by atoms with Crippen LogP contribution in [0.15, 0.2) is 60.7 Å². The van der Waals surface area contributed by atoms with Crippen LogP contribution in [-0.2, 0) is 14.3 Å². The van der Waals surface area contributed by atoms with Crippen LogP contribution in [0.5, 0.6) is 5.75 Å². The molecule has 0 amide bonds. The van der Waals surface area contributed by atoms with Crippen LogP contribution < -0.4 is 4.74 Å². The molecular formula is C23H24O4. The highest BCUT2D eigenvalue weighted by atomic mass is 16.5. The zero-order chi connectivity index (χ0) is 19.2. The first-order valence-electron chi connectivity index (χ1n) is 9.33. The highest BCUT2D eigenvalue weighted by Crippen LogP contribution is 2.40. The molecule has 27 heavy (non-hydrogen) atoms. The molecule has 1 aliphatic carbocycles. The van der Waals surface area contributed by atoms with Gasteiger partial charge in [0.2, 0.25) is 0 Å². The monoisotopic (exact) mass is 364 g/mol. The number of rotatable bonds is 6. The van der Waals surface area contributed by atoms with Crippen LogP contribution in [0.25, 0.3) is 5.57 Å². The number of esters is 1. The van der Waals surface area contributed by atoms with Crippen LogP contribution in [0, 0.1) is 5.92 Å². The molecule has 2 aromatic carbocycles. The second-order valence-corrected chi connectivity index (χ2v) is 6.48. The predicted octanol–water partition coefficient (Wildman–Crippen LogP) is 4.40. The van der Waals surface area contributed by atoms with Gasteiger partial charge in [0, 0.05) is 5.92 Å². The molecule has 140 valence electrons. The van der Waals surface area contributed by atoms with Crippen molar-refractivity contribution in [3.63, 3.8) is 0 Å². The molecule has 4 nitrogen and oxygen atoms in total. The predicted molar refractivity (Wildman–Crippen MR) is 105 cm³/mol. The second kappa shape index (κ2) is 8.67. The molecule has 1 aliphatic rings. The van der Waals surface area contributed by atoms with Crippen LogP contribution >= 0.6 is 0 Å². The van der Waals surface area contributed by atoms with E-state index in [1.54, 1.807) is 13.0 Å². The lowest BCUT2D eigenvalue weighted by atomic mass is 9.73. The first-order valence-corrected chi connectivity index (χ1v) is 9.33. The van der Waals surface area contributed by atoms with Gasteiger partial charge < -0.3 is 9.47 Å². The van der Waals surface area contributed by atoms with E-state index >= 15 is 0 Å². The van der Waals surface area contributed by atoms with E-state index in [0.29, 0.717) is 13.0 Å². The fraction of sp³-hybridized carbons (Fsp3) is 0.304. The highest BCUT2D eigenvalue weighted by Gasteiger charge is 2.39. The molecule has 0 fully saturated rings. The van der Waals surface area contributed by atoms with Crippen LogP contribution in [-0.4, -0.2) is 25.0 Å². The summed E-state index contributed by atoms with van der Waals surface area (Å²) in [6.45, 7) is 4.53. The summed E-state index contributed by atoms with van der Waals surface area (Å²) in [4.78, 5) is 25.4. The Labute approximate surface area is 159 Å². The minimum Gasteiger partial charge on any atom is -0.494 e. The maximum absolute atomic E-state index is 12.8. The zero-order valence-corrected chi connectivity index (χ0v) is 15.7. The van der Waals surface area contributed by atoms with Gasteiger partial charge in [0.25, 0.3) is 0 Å². The topological polar surface area (TPSA) is 52.6 Å². The van der Waals surface area contributed by atoms with Gasteiger partial charge in [0.15, 0.2) is 5.78 Å². The minimum absolute atomic E-state index is 0.197. The number of ketones is 1. The second-order valence-electron chi connectivity index (χ2n) is 6.48. The maximum Gasteiger partial charge on any atom is 0.317 e. The molecule has 0 saturated carbocycles. The van der Waals surface area contributed by atoms with Gasteiger partial charge in [-0.3, -0.25) is 9.59 Å². The van der Waals surface area contributed by atoms with E-state index in [2.05, 4.69) is 0 Å². The molecule has 0 spiro atoms. The molecule has 0 N–H and O–H groups in total. The van der Waals surface area contributed by atoms with Gasteiger partial charge in [0.1, 0.15) is 11.7 Å². The summed E-state index contributed by atoms with van der Waals surface area (Å²) in [6, 6.07) is 17.4. The van der Waals surface area contributed by atoms with E-state index in [-0.39, 0.29) is 18.3 Å². The third kappa shape index (κ3) is 4.27. The maximum atomic E-state index is 12.8. The molecule has 0 heterocycles. The van der Waals surface area contributed by atoms with E-state index in [0.717, 1.165) is 22.4 Å². The molecule has 4 heteroatoms. The number of hydrogen-bond acceptors (Lipinski definition) is 4. The Balaban J connectivity index is 1.97. The molecule has 0 aromatic heterocycles. The first-order chi connectivity index (χ1) is 13.1.